The molecule has 0 amide bonds. The Morgan fingerprint density at radius 1 is 1.15 bits per heavy atom. The molecule has 0 radical (unpaired) electrons. The van der Waals surface area contributed by atoms with Gasteiger partial charge in [0.15, 0.2) is 0 Å². The molecule has 2 aromatic rings. The van der Waals surface area contributed by atoms with Crippen LogP contribution in [0.3, 0.4) is 0 Å². The number of benzene rings is 1. The Hall–Kier alpha value is -2.50. The number of nitrogens with zero attached hydrogens (tertiary/aromatic N) is 1. The van der Waals surface area contributed by atoms with E-state index in [-0.39, 0.29) is 16.2 Å². The Balaban J connectivity index is 2.30. The molecule has 0 saturated heterocycles. The molecule has 0 aliphatic heterocycles. The summed E-state index contributed by atoms with van der Waals surface area (Å²) in [6.45, 7) is 0.380. The third-order valence-corrected chi connectivity index (χ3v) is 3.86. The molecule has 0 atom stereocenters. The second-order valence-electron chi connectivity index (χ2n) is 5.08. The number of hydrogen-bond donors (Lipinski definition) is 0. The van der Waals surface area contributed by atoms with Crippen LogP contribution in [0.5, 0.6) is 5.75 Å². The molecular weight excluding hydrogens is 452 g/mol. The molecule has 1 heterocycles. The first-order valence-corrected chi connectivity index (χ1v) is 7.69. The maximum atomic E-state index is 13.6. The van der Waals surface area contributed by atoms with Gasteiger partial charge in [0, 0.05) is 18.2 Å². The van der Waals surface area contributed by atoms with Crippen molar-refractivity contribution in [2.45, 2.75) is 19.7 Å². The van der Waals surface area contributed by atoms with Crippen molar-refractivity contribution < 1.29 is 40.7 Å². The van der Waals surface area contributed by atoms with Crippen molar-refractivity contribution in [1.29, 1.82) is 0 Å². The number of aryl methyl sites for hydroxylation is 1. The number of hydrogen-bond acceptors (Lipinski definition) is 4. The van der Waals surface area contributed by atoms with Gasteiger partial charge >= 0.3 is 17.7 Å². The van der Waals surface area contributed by atoms with Gasteiger partial charge in [-0.15, -0.1) is 4.73 Å². The van der Waals surface area contributed by atoms with Crippen LogP contribution in [0.15, 0.2) is 27.5 Å². The SMILES string of the molecule is Cc1cc(OCc2c(F)cc(F)cc2F)c(Br)c(=O)n1OC(=O)C(F)(F)F. The average Bonchev–Trinajstić information content (AvgIpc) is 2.53. The van der Waals surface area contributed by atoms with Crippen LogP contribution in [0.25, 0.3) is 0 Å². The summed E-state index contributed by atoms with van der Waals surface area (Å²) in [5.74, 6) is -6.51. The lowest BCUT2D eigenvalue weighted by Gasteiger charge is -2.15. The highest BCUT2D eigenvalue weighted by atomic mass is 79.9. The normalized spacial score (nSPS) is 11.4. The molecule has 1 aromatic carbocycles. The minimum Gasteiger partial charge on any atom is -0.487 e. The van der Waals surface area contributed by atoms with E-state index in [1.165, 1.54) is 0 Å². The number of rotatable bonds is 4. The smallest absolute Gasteiger partial charge is 0.487 e. The zero-order chi connectivity index (χ0) is 20.5. The number of carbonyl (C=O) groups excluding carboxylic acids is 1. The largest absolute Gasteiger partial charge is 0.493 e. The molecule has 0 N–H and O–H groups in total. The van der Waals surface area contributed by atoms with E-state index in [0.717, 1.165) is 13.0 Å². The summed E-state index contributed by atoms with van der Waals surface area (Å²) in [7, 11) is 0. The number of alkyl halides is 3. The van der Waals surface area contributed by atoms with E-state index in [4.69, 9.17) is 4.74 Å². The van der Waals surface area contributed by atoms with Crippen molar-refractivity contribution in [3.05, 3.63) is 61.7 Å². The summed E-state index contributed by atoms with van der Waals surface area (Å²) in [4.78, 5) is 26.9. The summed E-state index contributed by atoms with van der Waals surface area (Å²) in [5.41, 5.74) is -2.12. The standard InChI is InChI=1S/C15H8BrF6NO4/c1-6-2-11(26-5-8-9(18)3-7(17)4-10(8)19)12(16)13(24)23(6)27-14(25)15(20,21)22/h2-4H,5H2,1H3. The third kappa shape index (κ3) is 4.62. The molecule has 0 spiro atoms. The van der Waals surface area contributed by atoms with E-state index >= 15 is 0 Å². The van der Waals surface area contributed by atoms with Crippen molar-refractivity contribution in [3.8, 4) is 5.75 Å². The number of pyridine rings is 1. The molecule has 27 heavy (non-hydrogen) atoms. The summed E-state index contributed by atoms with van der Waals surface area (Å²) in [6.07, 6.45) is -5.33. The van der Waals surface area contributed by atoms with Crippen LogP contribution in [-0.2, 0) is 11.4 Å². The molecule has 0 bridgehead atoms. The Morgan fingerprint density at radius 2 is 1.70 bits per heavy atom. The summed E-state index contributed by atoms with van der Waals surface area (Å²) < 4.78 is 81.6. The van der Waals surface area contributed by atoms with Crippen molar-refractivity contribution in [1.82, 2.24) is 4.73 Å². The zero-order valence-electron chi connectivity index (χ0n) is 13.2. The number of ether oxygens (including phenoxy) is 1. The van der Waals surface area contributed by atoms with Gasteiger partial charge in [-0.2, -0.15) is 13.2 Å². The quantitative estimate of drug-likeness (QED) is 0.657. The van der Waals surface area contributed by atoms with Crippen molar-refractivity contribution in [3.63, 3.8) is 0 Å². The Kier molecular flexibility index (Phi) is 5.88. The van der Waals surface area contributed by atoms with Crippen LogP contribution in [0.4, 0.5) is 26.3 Å². The minimum atomic E-state index is -5.33. The molecule has 0 unspecified atom stereocenters. The van der Waals surface area contributed by atoms with E-state index in [9.17, 15) is 35.9 Å². The fourth-order valence-electron chi connectivity index (χ4n) is 1.88. The Morgan fingerprint density at radius 3 is 2.22 bits per heavy atom. The third-order valence-electron chi connectivity index (χ3n) is 3.13. The van der Waals surface area contributed by atoms with Crippen LogP contribution in [-0.4, -0.2) is 16.9 Å². The molecule has 1 aromatic heterocycles. The van der Waals surface area contributed by atoms with E-state index in [2.05, 4.69) is 20.8 Å². The lowest BCUT2D eigenvalue weighted by Crippen LogP contribution is -2.39. The van der Waals surface area contributed by atoms with Crippen LogP contribution in [0, 0.1) is 24.4 Å². The highest BCUT2D eigenvalue weighted by Gasteiger charge is 2.42. The maximum absolute atomic E-state index is 13.6. The van der Waals surface area contributed by atoms with Gasteiger partial charge < -0.3 is 9.57 Å². The van der Waals surface area contributed by atoms with E-state index in [1.807, 2.05) is 0 Å². The van der Waals surface area contributed by atoms with Crippen LogP contribution >= 0.6 is 15.9 Å². The second-order valence-corrected chi connectivity index (χ2v) is 5.87. The lowest BCUT2D eigenvalue weighted by atomic mass is 10.2. The van der Waals surface area contributed by atoms with Crippen LogP contribution in [0.1, 0.15) is 11.3 Å². The summed E-state index contributed by atoms with van der Waals surface area (Å²) in [5, 5.41) is 0. The van der Waals surface area contributed by atoms with Gasteiger partial charge in [-0.05, 0) is 22.9 Å². The van der Waals surface area contributed by atoms with Gasteiger partial charge in [0.25, 0.3) is 0 Å². The van der Waals surface area contributed by atoms with E-state index in [0.29, 0.717) is 12.1 Å². The second kappa shape index (κ2) is 7.62. The molecule has 0 saturated carbocycles. The molecule has 5 nitrogen and oxygen atoms in total. The Labute approximate surface area is 155 Å². The minimum absolute atomic E-state index is 0.0752. The number of halogens is 7. The highest BCUT2D eigenvalue weighted by molar-refractivity contribution is 9.10. The van der Waals surface area contributed by atoms with Gasteiger partial charge in [-0.3, -0.25) is 4.79 Å². The van der Waals surface area contributed by atoms with E-state index < -0.39 is 51.8 Å². The van der Waals surface area contributed by atoms with Crippen LogP contribution < -0.4 is 15.1 Å². The number of aromatic nitrogens is 1. The van der Waals surface area contributed by atoms with Gasteiger partial charge in [-0.25, -0.2) is 18.0 Å². The predicted octanol–water partition coefficient (Wildman–Crippen LogP) is 3.43. The summed E-state index contributed by atoms with van der Waals surface area (Å²) >= 11 is 2.75. The lowest BCUT2D eigenvalue weighted by molar-refractivity contribution is -0.200. The average molecular weight is 460 g/mol. The first-order chi connectivity index (χ1) is 12.4. The van der Waals surface area contributed by atoms with Gasteiger partial charge in [0.1, 0.15) is 34.3 Å². The van der Waals surface area contributed by atoms with E-state index in [1.54, 1.807) is 0 Å². The van der Waals surface area contributed by atoms with Gasteiger partial charge in [0.2, 0.25) is 0 Å². The van der Waals surface area contributed by atoms with Crippen molar-refractivity contribution >= 4 is 21.9 Å². The molecule has 146 valence electrons. The highest BCUT2D eigenvalue weighted by Crippen LogP contribution is 2.25. The molecule has 0 aliphatic rings. The first kappa shape index (κ1) is 20.8. The first-order valence-electron chi connectivity index (χ1n) is 6.89. The van der Waals surface area contributed by atoms with Gasteiger partial charge in [0.05, 0.1) is 11.3 Å². The summed E-state index contributed by atoms with van der Waals surface area (Å²) in [6, 6.07) is 1.85. The fraction of sp³-hybridized carbons (Fsp3) is 0.200. The van der Waals surface area contributed by atoms with Crippen LogP contribution in [0.2, 0.25) is 0 Å². The molecular formula is C15H8BrF6NO4. The predicted molar refractivity (Wildman–Crippen MR) is 81.4 cm³/mol. The Bertz CT molecular complexity index is 934. The maximum Gasteiger partial charge on any atom is 0.493 e. The van der Waals surface area contributed by atoms with Crippen molar-refractivity contribution in [2.75, 3.05) is 0 Å². The fourth-order valence-corrected chi connectivity index (χ4v) is 2.27. The number of carbonyl (C=O) groups is 1. The topological polar surface area (TPSA) is 57.5 Å². The monoisotopic (exact) mass is 459 g/mol. The zero-order valence-corrected chi connectivity index (χ0v) is 14.8. The van der Waals surface area contributed by atoms with Gasteiger partial charge in [-0.1, -0.05) is 0 Å². The molecule has 12 heteroatoms. The van der Waals surface area contributed by atoms with Crippen molar-refractivity contribution in [2.24, 2.45) is 0 Å². The molecule has 0 aliphatic carbocycles. The molecule has 2 rings (SSSR count). The molecule has 0 fully saturated rings.